The molecule has 0 radical (unpaired) electrons. The maximum atomic E-state index is 12.2. The molecule has 2 aromatic heterocycles. The highest BCUT2D eigenvalue weighted by molar-refractivity contribution is 6.06. The van der Waals surface area contributed by atoms with Crippen LogP contribution in [0.1, 0.15) is 28.8 Å². The number of rotatable bonds is 3. The molecule has 0 aliphatic heterocycles. The van der Waals surface area contributed by atoms with Crippen molar-refractivity contribution in [3.05, 3.63) is 35.4 Å². The Bertz CT molecular complexity index is 600. The Morgan fingerprint density at radius 2 is 2.16 bits per heavy atom. The van der Waals surface area contributed by atoms with E-state index in [1.165, 1.54) is 0 Å². The van der Waals surface area contributed by atoms with Crippen LogP contribution in [0.4, 0.5) is 11.4 Å². The van der Waals surface area contributed by atoms with Crippen LogP contribution in [0.3, 0.4) is 0 Å². The van der Waals surface area contributed by atoms with Gasteiger partial charge in [0.1, 0.15) is 5.69 Å². The number of nitrogen functional groups attached to an aromatic ring is 1. The molecule has 0 saturated heterocycles. The fourth-order valence-electron chi connectivity index (χ4n) is 1.80. The third-order valence-electron chi connectivity index (χ3n) is 2.86. The highest BCUT2D eigenvalue weighted by Crippen LogP contribution is 2.18. The van der Waals surface area contributed by atoms with Gasteiger partial charge in [0, 0.05) is 12.2 Å². The van der Waals surface area contributed by atoms with Gasteiger partial charge in [-0.25, -0.2) is 0 Å². The number of nitrogens with one attached hydrogen (secondary N) is 1. The summed E-state index contributed by atoms with van der Waals surface area (Å²) in [5.41, 5.74) is 8.90. The van der Waals surface area contributed by atoms with Gasteiger partial charge in [0.05, 0.1) is 23.3 Å². The number of nitrogens with two attached hydrogens (primary N) is 1. The molecule has 0 spiro atoms. The van der Waals surface area contributed by atoms with Crippen LogP contribution in [-0.2, 0) is 6.54 Å². The summed E-state index contributed by atoms with van der Waals surface area (Å²) < 4.78 is 1.60. The van der Waals surface area contributed by atoms with Crippen molar-refractivity contribution in [2.24, 2.45) is 0 Å². The van der Waals surface area contributed by atoms with Gasteiger partial charge in [-0.15, -0.1) is 0 Å². The summed E-state index contributed by atoms with van der Waals surface area (Å²) in [5, 5.41) is 6.99. The van der Waals surface area contributed by atoms with Crippen LogP contribution in [0.15, 0.2) is 18.3 Å². The van der Waals surface area contributed by atoms with Crippen LogP contribution < -0.4 is 11.1 Å². The summed E-state index contributed by atoms with van der Waals surface area (Å²) in [6, 6.07) is 3.64. The van der Waals surface area contributed by atoms with Gasteiger partial charge in [0.25, 0.3) is 5.91 Å². The van der Waals surface area contributed by atoms with Crippen molar-refractivity contribution < 1.29 is 4.79 Å². The number of aromatic nitrogens is 3. The topological polar surface area (TPSA) is 85.8 Å². The zero-order valence-corrected chi connectivity index (χ0v) is 11.3. The lowest BCUT2D eigenvalue weighted by atomic mass is 10.2. The normalized spacial score (nSPS) is 10.5. The summed E-state index contributed by atoms with van der Waals surface area (Å²) in [7, 11) is 0. The highest BCUT2D eigenvalue weighted by atomic mass is 16.2. The standard InChI is InChI=1S/C13H17N5O/c1-4-18-12(11(14)9(3)17-18)13(19)16-10-6-5-8(2)15-7-10/h5-7H,4,14H2,1-3H3,(H,16,19). The van der Waals surface area contributed by atoms with Crippen LogP contribution in [0.5, 0.6) is 0 Å². The first-order valence-corrected chi connectivity index (χ1v) is 6.09. The molecular formula is C13H17N5O. The molecule has 1 amide bonds. The van der Waals surface area contributed by atoms with E-state index in [-0.39, 0.29) is 5.91 Å². The van der Waals surface area contributed by atoms with E-state index in [2.05, 4.69) is 15.4 Å². The summed E-state index contributed by atoms with van der Waals surface area (Å²) in [6.07, 6.45) is 1.61. The fourth-order valence-corrected chi connectivity index (χ4v) is 1.80. The van der Waals surface area contributed by atoms with E-state index in [9.17, 15) is 4.79 Å². The van der Waals surface area contributed by atoms with Gasteiger partial charge in [-0.1, -0.05) is 0 Å². The molecule has 0 atom stereocenters. The smallest absolute Gasteiger partial charge is 0.276 e. The molecule has 2 heterocycles. The van der Waals surface area contributed by atoms with Gasteiger partial charge in [0.2, 0.25) is 0 Å². The molecule has 0 saturated carbocycles. The number of nitrogens with zero attached hydrogens (tertiary/aromatic N) is 3. The molecule has 100 valence electrons. The molecule has 0 unspecified atom stereocenters. The van der Waals surface area contributed by atoms with Crippen LogP contribution in [0.25, 0.3) is 0 Å². The molecule has 19 heavy (non-hydrogen) atoms. The van der Waals surface area contributed by atoms with E-state index in [1.54, 1.807) is 23.9 Å². The summed E-state index contributed by atoms with van der Waals surface area (Å²) >= 11 is 0. The van der Waals surface area contributed by atoms with E-state index in [4.69, 9.17) is 5.73 Å². The number of pyridine rings is 1. The molecular weight excluding hydrogens is 242 g/mol. The fraction of sp³-hybridized carbons (Fsp3) is 0.308. The minimum Gasteiger partial charge on any atom is -0.395 e. The molecule has 0 aliphatic carbocycles. The van der Waals surface area contributed by atoms with Crippen LogP contribution in [0, 0.1) is 13.8 Å². The molecule has 0 fully saturated rings. The Labute approximate surface area is 111 Å². The van der Waals surface area contributed by atoms with Gasteiger partial charge in [-0.2, -0.15) is 5.10 Å². The Kier molecular flexibility index (Phi) is 3.50. The van der Waals surface area contributed by atoms with Crippen LogP contribution in [0.2, 0.25) is 0 Å². The maximum Gasteiger partial charge on any atom is 0.276 e. The van der Waals surface area contributed by atoms with Crippen molar-refractivity contribution >= 4 is 17.3 Å². The number of hydrogen-bond acceptors (Lipinski definition) is 4. The van der Waals surface area contributed by atoms with E-state index >= 15 is 0 Å². The van der Waals surface area contributed by atoms with E-state index in [1.807, 2.05) is 19.9 Å². The van der Waals surface area contributed by atoms with Crippen LogP contribution in [-0.4, -0.2) is 20.7 Å². The van der Waals surface area contributed by atoms with Gasteiger partial charge >= 0.3 is 0 Å². The lowest BCUT2D eigenvalue weighted by molar-refractivity contribution is 0.101. The maximum absolute atomic E-state index is 12.2. The minimum atomic E-state index is -0.273. The Balaban J connectivity index is 2.27. The first-order valence-electron chi connectivity index (χ1n) is 6.09. The monoisotopic (exact) mass is 259 g/mol. The Morgan fingerprint density at radius 1 is 1.42 bits per heavy atom. The molecule has 3 N–H and O–H groups in total. The second kappa shape index (κ2) is 5.09. The molecule has 0 bridgehead atoms. The molecule has 2 rings (SSSR count). The van der Waals surface area contributed by atoms with E-state index in [0.717, 1.165) is 5.69 Å². The zero-order chi connectivity index (χ0) is 14.0. The van der Waals surface area contributed by atoms with Crippen LogP contribution >= 0.6 is 0 Å². The average Bonchev–Trinajstić information content (AvgIpc) is 2.68. The molecule has 2 aromatic rings. The number of carbonyl (C=O) groups is 1. The number of hydrogen-bond donors (Lipinski definition) is 2. The Morgan fingerprint density at radius 3 is 2.74 bits per heavy atom. The SMILES string of the molecule is CCn1nc(C)c(N)c1C(=O)Nc1ccc(C)nc1. The van der Waals surface area contributed by atoms with Crippen molar-refractivity contribution in [2.75, 3.05) is 11.1 Å². The van der Waals surface area contributed by atoms with Crippen molar-refractivity contribution in [1.29, 1.82) is 0 Å². The third-order valence-corrected chi connectivity index (χ3v) is 2.86. The summed E-state index contributed by atoms with van der Waals surface area (Å²) in [4.78, 5) is 16.4. The first-order chi connectivity index (χ1) is 9.02. The van der Waals surface area contributed by atoms with Gasteiger partial charge in [-0.3, -0.25) is 14.5 Å². The first kappa shape index (κ1) is 13.1. The van der Waals surface area contributed by atoms with Crippen molar-refractivity contribution in [3.8, 4) is 0 Å². The number of aryl methyl sites for hydroxylation is 3. The largest absolute Gasteiger partial charge is 0.395 e. The molecule has 0 aliphatic rings. The summed E-state index contributed by atoms with van der Waals surface area (Å²) in [5.74, 6) is -0.273. The number of anilines is 2. The highest BCUT2D eigenvalue weighted by Gasteiger charge is 2.19. The number of carbonyl (C=O) groups excluding carboxylic acids is 1. The van der Waals surface area contributed by atoms with Gasteiger partial charge in [0.15, 0.2) is 0 Å². The van der Waals surface area contributed by atoms with Crippen molar-refractivity contribution in [3.63, 3.8) is 0 Å². The van der Waals surface area contributed by atoms with E-state index in [0.29, 0.717) is 29.3 Å². The van der Waals surface area contributed by atoms with E-state index < -0.39 is 0 Å². The quantitative estimate of drug-likeness (QED) is 0.879. The average molecular weight is 259 g/mol. The summed E-state index contributed by atoms with van der Waals surface area (Å²) in [6.45, 7) is 6.17. The lowest BCUT2D eigenvalue weighted by Crippen LogP contribution is -2.18. The molecule has 0 aromatic carbocycles. The number of amides is 1. The zero-order valence-electron chi connectivity index (χ0n) is 11.3. The van der Waals surface area contributed by atoms with Gasteiger partial charge in [-0.05, 0) is 32.9 Å². The van der Waals surface area contributed by atoms with Crippen molar-refractivity contribution in [2.45, 2.75) is 27.3 Å². The van der Waals surface area contributed by atoms with Crippen molar-refractivity contribution in [1.82, 2.24) is 14.8 Å². The van der Waals surface area contributed by atoms with Gasteiger partial charge < -0.3 is 11.1 Å². The second-order valence-electron chi connectivity index (χ2n) is 4.31. The predicted octanol–water partition coefficient (Wildman–Crippen LogP) is 1.75. The third kappa shape index (κ3) is 2.57. The Hall–Kier alpha value is -2.37. The molecule has 6 nitrogen and oxygen atoms in total. The lowest BCUT2D eigenvalue weighted by Gasteiger charge is -2.07. The molecule has 6 heteroatoms. The predicted molar refractivity (Wildman–Crippen MR) is 74.0 cm³/mol. The minimum absolute atomic E-state index is 0.273. The second-order valence-corrected chi connectivity index (χ2v) is 4.31.